The molecule has 0 unspecified atom stereocenters. The van der Waals surface area contributed by atoms with Crippen molar-refractivity contribution in [1.82, 2.24) is 5.32 Å². The summed E-state index contributed by atoms with van der Waals surface area (Å²) in [5.41, 5.74) is 1.00. The molecule has 1 aliphatic carbocycles. The van der Waals surface area contributed by atoms with Crippen LogP contribution in [0.2, 0.25) is 0 Å². The summed E-state index contributed by atoms with van der Waals surface area (Å²) in [4.78, 5) is 12.8. The molecule has 1 aromatic heterocycles. The topological polar surface area (TPSA) is 49.3 Å². The lowest BCUT2D eigenvalue weighted by Crippen LogP contribution is -2.41. The number of hydrogen-bond acceptors (Lipinski definition) is 3. The van der Waals surface area contributed by atoms with E-state index in [4.69, 9.17) is 5.11 Å². The van der Waals surface area contributed by atoms with Gasteiger partial charge in [0.15, 0.2) is 0 Å². The lowest BCUT2D eigenvalue weighted by atomic mass is 9.67. The lowest BCUT2D eigenvalue weighted by Gasteiger charge is -2.41. The molecular weight excluding hydrogens is 258 g/mol. The molecule has 1 aliphatic rings. The Kier molecular flexibility index (Phi) is 4.62. The van der Waals surface area contributed by atoms with Crippen molar-refractivity contribution in [3.63, 3.8) is 0 Å². The van der Waals surface area contributed by atoms with Crippen LogP contribution in [0, 0.1) is 17.3 Å². The molecule has 3 nitrogen and oxygen atoms in total. The molecule has 1 saturated carbocycles. The van der Waals surface area contributed by atoms with Crippen LogP contribution >= 0.6 is 11.3 Å². The van der Waals surface area contributed by atoms with Crippen LogP contribution in [0.5, 0.6) is 0 Å². The third-order valence-electron chi connectivity index (χ3n) is 3.94. The molecule has 0 atom stereocenters. The van der Waals surface area contributed by atoms with E-state index in [0.29, 0.717) is 11.0 Å². The Morgan fingerprint density at radius 1 is 1.58 bits per heavy atom. The molecule has 2 N–H and O–H groups in total. The van der Waals surface area contributed by atoms with E-state index < -0.39 is 0 Å². The Morgan fingerprint density at radius 3 is 2.95 bits per heavy atom. The number of aliphatic hydroxyl groups is 1. The van der Waals surface area contributed by atoms with Crippen molar-refractivity contribution < 1.29 is 9.90 Å². The van der Waals surface area contributed by atoms with Gasteiger partial charge in [-0.25, -0.2) is 0 Å². The van der Waals surface area contributed by atoms with Crippen LogP contribution in [-0.2, 0) is 0 Å². The number of nitrogens with one attached hydrogen (secondary N) is 1. The fourth-order valence-electron chi connectivity index (χ4n) is 2.35. The van der Waals surface area contributed by atoms with E-state index in [2.05, 4.69) is 24.1 Å². The summed E-state index contributed by atoms with van der Waals surface area (Å²) >= 11 is 1.43. The third kappa shape index (κ3) is 3.37. The minimum absolute atomic E-state index is 0.0203. The predicted molar refractivity (Wildman–Crippen MR) is 77.2 cm³/mol. The smallest absolute Gasteiger partial charge is 0.252 e. The zero-order valence-electron chi connectivity index (χ0n) is 11.2. The van der Waals surface area contributed by atoms with Gasteiger partial charge in [-0.3, -0.25) is 4.79 Å². The molecule has 1 fully saturated rings. The fourth-order valence-corrected chi connectivity index (χ4v) is 3.10. The van der Waals surface area contributed by atoms with Crippen molar-refractivity contribution in [2.75, 3.05) is 13.2 Å². The van der Waals surface area contributed by atoms with Crippen molar-refractivity contribution in [1.29, 1.82) is 0 Å². The first-order valence-corrected chi connectivity index (χ1v) is 7.53. The molecule has 19 heavy (non-hydrogen) atoms. The molecule has 1 aromatic rings. The molecule has 102 valence electrons. The highest BCUT2D eigenvalue weighted by molar-refractivity contribution is 7.10. The van der Waals surface area contributed by atoms with E-state index >= 15 is 0 Å². The zero-order chi connectivity index (χ0) is 13.7. The average molecular weight is 277 g/mol. The van der Waals surface area contributed by atoms with Crippen LogP contribution in [0.4, 0.5) is 0 Å². The second kappa shape index (κ2) is 6.23. The molecule has 0 saturated heterocycles. The molecule has 0 radical (unpaired) electrons. The maximum absolute atomic E-state index is 12.0. The van der Waals surface area contributed by atoms with Gasteiger partial charge in [0, 0.05) is 11.9 Å². The number of thiophene rings is 1. The Bertz CT molecular complexity index is 500. The molecule has 0 spiro atoms. The minimum atomic E-state index is -0.154. The summed E-state index contributed by atoms with van der Waals surface area (Å²) in [6, 6.07) is 1.78. The van der Waals surface area contributed by atoms with Gasteiger partial charge in [-0.1, -0.05) is 25.2 Å². The van der Waals surface area contributed by atoms with Crippen LogP contribution in [-0.4, -0.2) is 24.2 Å². The van der Waals surface area contributed by atoms with Crippen LogP contribution in [0.25, 0.3) is 0 Å². The highest BCUT2D eigenvalue weighted by atomic mass is 32.1. The second-order valence-corrected chi connectivity index (χ2v) is 5.96. The Labute approximate surface area is 118 Å². The van der Waals surface area contributed by atoms with E-state index in [1.54, 1.807) is 6.07 Å². The number of carbonyl (C=O) groups is 1. The van der Waals surface area contributed by atoms with Crippen LogP contribution < -0.4 is 5.32 Å². The molecule has 4 heteroatoms. The second-order valence-electron chi connectivity index (χ2n) is 5.05. The predicted octanol–water partition coefficient (Wildman–Crippen LogP) is 2.40. The number of aliphatic hydroxyl groups excluding tert-OH is 1. The fraction of sp³-hybridized carbons (Fsp3) is 0.533. The molecule has 0 aromatic carbocycles. The maximum atomic E-state index is 12.0. The van der Waals surface area contributed by atoms with Crippen molar-refractivity contribution >= 4 is 17.2 Å². The van der Waals surface area contributed by atoms with Crippen molar-refractivity contribution in [3.05, 3.63) is 21.9 Å². The average Bonchev–Trinajstić information content (AvgIpc) is 2.84. The summed E-state index contributed by atoms with van der Waals surface area (Å²) in [6.07, 6.45) is 4.86. The number of amides is 1. The van der Waals surface area contributed by atoms with E-state index in [1.165, 1.54) is 30.6 Å². The van der Waals surface area contributed by atoms with Crippen LogP contribution in [0.15, 0.2) is 11.4 Å². The number of hydrogen-bond donors (Lipinski definition) is 2. The van der Waals surface area contributed by atoms with Gasteiger partial charge in [-0.05, 0) is 30.7 Å². The van der Waals surface area contributed by atoms with E-state index in [-0.39, 0.29) is 12.5 Å². The standard InChI is InChI=1S/C15H19NO2S/c1-2-15(6-4-7-15)11-16-14(18)12-9-13(19-10-12)5-3-8-17/h9-10,17H,2,4,6-8,11H2,1H3,(H,16,18). The van der Waals surface area contributed by atoms with Gasteiger partial charge >= 0.3 is 0 Å². The first kappa shape index (κ1) is 14.1. The third-order valence-corrected chi connectivity index (χ3v) is 4.79. The molecule has 0 bridgehead atoms. The summed E-state index contributed by atoms with van der Waals surface area (Å²) < 4.78 is 0. The highest BCUT2D eigenvalue weighted by Crippen LogP contribution is 2.43. The van der Waals surface area contributed by atoms with Gasteiger partial charge in [0.05, 0.1) is 10.4 Å². The molecule has 1 amide bonds. The van der Waals surface area contributed by atoms with E-state index in [9.17, 15) is 4.79 Å². The first-order chi connectivity index (χ1) is 9.19. The molecule has 1 heterocycles. The van der Waals surface area contributed by atoms with Crippen LogP contribution in [0.1, 0.15) is 47.8 Å². The van der Waals surface area contributed by atoms with Crippen molar-refractivity contribution in [2.24, 2.45) is 5.41 Å². The number of rotatable bonds is 4. The number of carbonyl (C=O) groups excluding carboxylic acids is 1. The van der Waals surface area contributed by atoms with Crippen molar-refractivity contribution in [2.45, 2.75) is 32.6 Å². The minimum Gasteiger partial charge on any atom is -0.384 e. The van der Waals surface area contributed by atoms with Gasteiger partial charge in [-0.2, -0.15) is 0 Å². The monoisotopic (exact) mass is 277 g/mol. The first-order valence-electron chi connectivity index (χ1n) is 6.65. The molecule has 0 aliphatic heterocycles. The van der Waals surface area contributed by atoms with Crippen molar-refractivity contribution in [3.8, 4) is 11.8 Å². The lowest BCUT2D eigenvalue weighted by molar-refractivity contribution is 0.0850. The highest BCUT2D eigenvalue weighted by Gasteiger charge is 2.35. The maximum Gasteiger partial charge on any atom is 0.252 e. The zero-order valence-corrected chi connectivity index (χ0v) is 12.0. The normalized spacial score (nSPS) is 16.1. The summed E-state index contributed by atoms with van der Waals surface area (Å²) in [5, 5.41) is 13.5. The SMILES string of the molecule is CCC1(CNC(=O)c2csc(C#CCO)c2)CCC1. The van der Waals surface area contributed by atoms with Gasteiger partial charge in [0.1, 0.15) is 6.61 Å². The van der Waals surface area contributed by atoms with Gasteiger partial charge < -0.3 is 10.4 Å². The molecule has 2 rings (SSSR count). The quantitative estimate of drug-likeness (QED) is 0.830. The van der Waals surface area contributed by atoms with E-state index in [1.807, 2.05) is 5.38 Å². The Balaban J connectivity index is 1.91. The Morgan fingerprint density at radius 2 is 2.37 bits per heavy atom. The summed E-state index contributed by atoms with van der Waals surface area (Å²) in [7, 11) is 0. The van der Waals surface area contributed by atoms with Gasteiger partial charge in [0.25, 0.3) is 5.91 Å². The largest absolute Gasteiger partial charge is 0.384 e. The van der Waals surface area contributed by atoms with E-state index in [0.717, 1.165) is 17.8 Å². The van der Waals surface area contributed by atoms with Crippen LogP contribution in [0.3, 0.4) is 0 Å². The molecular formula is C15H19NO2S. The van der Waals surface area contributed by atoms with Gasteiger partial charge in [-0.15, -0.1) is 11.3 Å². The summed E-state index contributed by atoms with van der Waals surface area (Å²) in [6.45, 7) is 2.81. The Hall–Kier alpha value is -1.31. The van der Waals surface area contributed by atoms with Gasteiger partial charge in [0.2, 0.25) is 0 Å². The summed E-state index contributed by atoms with van der Waals surface area (Å²) in [5.74, 6) is 5.38.